The van der Waals surface area contributed by atoms with E-state index < -0.39 is 0 Å². The van der Waals surface area contributed by atoms with Gasteiger partial charge in [0.25, 0.3) is 0 Å². The van der Waals surface area contributed by atoms with Crippen LogP contribution >= 0.6 is 11.6 Å². The molecule has 0 radical (unpaired) electrons. The Morgan fingerprint density at radius 1 is 1.42 bits per heavy atom. The van der Waals surface area contributed by atoms with Crippen LogP contribution in [-0.2, 0) is 11.3 Å². The van der Waals surface area contributed by atoms with Gasteiger partial charge in [0.2, 0.25) is 5.91 Å². The molecule has 1 aliphatic rings. The molecule has 104 valence electrons. The fraction of sp³-hybridized carbons (Fsp3) is 0.571. The number of anilines is 1. The number of amides is 1. The van der Waals surface area contributed by atoms with Crippen LogP contribution in [-0.4, -0.2) is 28.9 Å². The number of hydrogen-bond donors (Lipinski definition) is 1. The van der Waals surface area contributed by atoms with Crippen LogP contribution in [0.3, 0.4) is 0 Å². The molecule has 4 nitrogen and oxygen atoms in total. The van der Waals surface area contributed by atoms with Crippen LogP contribution in [0.25, 0.3) is 0 Å². The van der Waals surface area contributed by atoms with Crippen molar-refractivity contribution in [3.8, 4) is 0 Å². The van der Waals surface area contributed by atoms with E-state index in [4.69, 9.17) is 11.6 Å². The second-order valence-corrected chi connectivity index (χ2v) is 5.23. The van der Waals surface area contributed by atoms with Crippen LogP contribution in [0.5, 0.6) is 0 Å². The van der Waals surface area contributed by atoms with Crippen molar-refractivity contribution in [3.05, 3.63) is 22.8 Å². The molecule has 0 spiro atoms. The van der Waals surface area contributed by atoms with E-state index in [2.05, 4.69) is 17.2 Å². The van der Waals surface area contributed by atoms with Gasteiger partial charge in [-0.1, -0.05) is 18.5 Å². The zero-order valence-electron chi connectivity index (χ0n) is 11.3. The van der Waals surface area contributed by atoms with Crippen LogP contribution in [0, 0.1) is 0 Å². The number of hydrogen-bond acceptors (Lipinski definition) is 3. The van der Waals surface area contributed by atoms with Crippen molar-refractivity contribution < 1.29 is 4.79 Å². The molecule has 2 heterocycles. The lowest BCUT2D eigenvalue weighted by molar-refractivity contribution is -0.133. The van der Waals surface area contributed by atoms with Crippen molar-refractivity contribution in [2.45, 2.75) is 39.2 Å². The maximum Gasteiger partial charge on any atom is 0.222 e. The first-order valence-corrected chi connectivity index (χ1v) is 7.25. The lowest BCUT2D eigenvalue weighted by atomic mass is 10.1. The third-order valence-electron chi connectivity index (χ3n) is 3.24. The molecule has 0 aliphatic carbocycles. The number of piperidine rings is 1. The minimum absolute atomic E-state index is 0.205. The van der Waals surface area contributed by atoms with Gasteiger partial charge in [-0.25, -0.2) is 4.98 Å². The highest BCUT2D eigenvalue weighted by atomic mass is 35.5. The number of carbonyl (C=O) groups is 1. The number of aromatic nitrogens is 1. The van der Waals surface area contributed by atoms with Crippen LogP contribution in [0.4, 0.5) is 5.82 Å². The van der Waals surface area contributed by atoms with E-state index in [9.17, 15) is 4.79 Å². The summed E-state index contributed by atoms with van der Waals surface area (Å²) in [5, 5.41) is 3.86. The van der Waals surface area contributed by atoms with Gasteiger partial charge < -0.3 is 10.2 Å². The molecule has 1 aromatic rings. The van der Waals surface area contributed by atoms with E-state index >= 15 is 0 Å². The summed E-state index contributed by atoms with van der Waals surface area (Å²) in [7, 11) is 0. The Hall–Kier alpha value is -1.29. The topological polar surface area (TPSA) is 45.2 Å². The van der Waals surface area contributed by atoms with Crippen LogP contribution in [0.15, 0.2) is 12.1 Å². The largest absolute Gasteiger partial charge is 0.370 e. The van der Waals surface area contributed by atoms with Crippen molar-refractivity contribution in [2.24, 2.45) is 0 Å². The minimum atomic E-state index is 0.205. The Labute approximate surface area is 119 Å². The number of pyridine rings is 1. The van der Waals surface area contributed by atoms with Gasteiger partial charge in [0.15, 0.2) is 0 Å². The molecule has 2 rings (SSSR count). The number of nitrogens with zero attached hydrogens (tertiary/aromatic N) is 2. The zero-order valence-corrected chi connectivity index (χ0v) is 12.0. The van der Waals surface area contributed by atoms with E-state index in [0.29, 0.717) is 18.0 Å². The first-order valence-electron chi connectivity index (χ1n) is 6.87. The summed E-state index contributed by atoms with van der Waals surface area (Å²) in [5.74, 6) is 1.03. The quantitative estimate of drug-likeness (QED) is 0.902. The number of carbonyl (C=O) groups excluding carboxylic acids is 1. The Kier molecular flexibility index (Phi) is 5.02. The molecule has 0 atom stereocenters. The molecule has 1 fully saturated rings. The van der Waals surface area contributed by atoms with Gasteiger partial charge in [-0.15, -0.1) is 0 Å². The predicted molar refractivity (Wildman–Crippen MR) is 77.3 cm³/mol. The summed E-state index contributed by atoms with van der Waals surface area (Å²) in [6, 6.07) is 3.72. The fourth-order valence-electron chi connectivity index (χ4n) is 2.16. The molecule has 1 aromatic heterocycles. The van der Waals surface area contributed by atoms with Crippen molar-refractivity contribution in [1.82, 2.24) is 9.88 Å². The molecule has 0 unspecified atom stereocenters. The Morgan fingerprint density at radius 2 is 2.26 bits per heavy atom. The number of rotatable bonds is 5. The molecular weight excluding hydrogens is 262 g/mol. The molecule has 0 aromatic carbocycles. The Morgan fingerprint density at radius 3 is 3.00 bits per heavy atom. The standard InChI is InChI=1S/C14H20ClN3O/c1-2-8-16-13-7-6-11(15)12(17-13)10-18-9-4-3-5-14(18)19/h6-7H,2-5,8-10H2,1H3,(H,16,17). The minimum Gasteiger partial charge on any atom is -0.370 e. The average molecular weight is 282 g/mol. The second kappa shape index (κ2) is 6.75. The van der Waals surface area contributed by atoms with Gasteiger partial charge in [0.05, 0.1) is 17.3 Å². The SMILES string of the molecule is CCCNc1ccc(Cl)c(CN2CCCCC2=O)n1. The second-order valence-electron chi connectivity index (χ2n) is 4.82. The number of nitrogens with one attached hydrogen (secondary N) is 1. The molecule has 5 heteroatoms. The summed E-state index contributed by atoms with van der Waals surface area (Å²) in [4.78, 5) is 18.2. The van der Waals surface area contributed by atoms with Gasteiger partial charge in [-0.3, -0.25) is 4.79 Å². The van der Waals surface area contributed by atoms with Crippen LogP contribution in [0.2, 0.25) is 5.02 Å². The Balaban J connectivity index is 2.07. The van der Waals surface area contributed by atoms with Crippen LogP contribution in [0.1, 0.15) is 38.3 Å². The van der Waals surface area contributed by atoms with E-state index in [1.807, 2.05) is 17.0 Å². The highest BCUT2D eigenvalue weighted by molar-refractivity contribution is 6.31. The van der Waals surface area contributed by atoms with E-state index in [0.717, 1.165) is 43.9 Å². The Bertz CT molecular complexity index is 450. The van der Waals surface area contributed by atoms with E-state index in [1.54, 1.807) is 0 Å². The van der Waals surface area contributed by atoms with Crippen molar-refractivity contribution in [3.63, 3.8) is 0 Å². The summed E-state index contributed by atoms with van der Waals surface area (Å²) in [6.07, 6.45) is 3.75. The average Bonchev–Trinajstić information content (AvgIpc) is 2.42. The van der Waals surface area contributed by atoms with Gasteiger partial charge >= 0.3 is 0 Å². The summed E-state index contributed by atoms with van der Waals surface area (Å²) >= 11 is 6.17. The molecule has 0 bridgehead atoms. The van der Waals surface area contributed by atoms with E-state index in [-0.39, 0.29) is 5.91 Å². The maximum atomic E-state index is 11.8. The third kappa shape index (κ3) is 3.83. The highest BCUT2D eigenvalue weighted by Crippen LogP contribution is 2.21. The first-order chi connectivity index (χ1) is 9.20. The monoisotopic (exact) mass is 281 g/mol. The molecule has 1 aliphatic heterocycles. The lowest BCUT2D eigenvalue weighted by Gasteiger charge is -2.26. The summed E-state index contributed by atoms with van der Waals surface area (Å²) in [6.45, 7) is 4.32. The third-order valence-corrected chi connectivity index (χ3v) is 3.58. The molecular formula is C14H20ClN3O. The summed E-state index contributed by atoms with van der Waals surface area (Å²) < 4.78 is 0. The first kappa shape index (κ1) is 14.1. The summed E-state index contributed by atoms with van der Waals surface area (Å²) in [5.41, 5.74) is 0.776. The number of likely N-dealkylation sites (tertiary alicyclic amines) is 1. The highest BCUT2D eigenvalue weighted by Gasteiger charge is 2.19. The van der Waals surface area contributed by atoms with Gasteiger partial charge in [-0.2, -0.15) is 0 Å². The van der Waals surface area contributed by atoms with E-state index in [1.165, 1.54) is 0 Å². The molecule has 1 amide bonds. The van der Waals surface area contributed by atoms with Crippen molar-refractivity contribution >= 4 is 23.3 Å². The molecule has 1 saturated heterocycles. The van der Waals surface area contributed by atoms with Gasteiger partial charge in [0.1, 0.15) is 5.82 Å². The van der Waals surface area contributed by atoms with Crippen molar-refractivity contribution in [1.29, 1.82) is 0 Å². The fourth-order valence-corrected chi connectivity index (χ4v) is 2.32. The van der Waals surface area contributed by atoms with Crippen molar-refractivity contribution in [2.75, 3.05) is 18.4 Å². The zero-order chi connectivity index (χ0) is 13.7. The smallest absolute Gasteiger partial charge is 0.222 e. The predicted octanol–water partition coefficient (Wildman–Crippen LogP) is 3.07. The number of halogens is 1. The molecule has 19 heavy (non-hydrogen) atoms. The lowest BCUT2D eigenvalue weighted by Crippen LogP contribution is -2.35. The normalized spacial score (nSPS) is 15.7. The van der Waals surface area contributed by atoms with Gasteiger partial charge in [0, 0.05) is 19.5 Å². The molecule has 0 saturated carbocycles. The molecule has 1 N–H and O–H groups in total. The van der Waals surface area contributed by atoms with Gasteiger partial charge in [-0.05, 0) is 31.4 Å². The maximum absolute atomic E-state index is 11.8. The van der Waals surface area contributed by atoms with Crippen LogP contribution < -0.4 is 5.32 Å².